The normalized spacial score (nSPS) is 11.1. The van der Waals surface area contributed by atoms with Gasteiger partial charge in [-0.15, -0.1) is 0 Å². The van der Waals surface area contributed by atoms with Gasteiger partial charge in [0.2, 0.25) is 0 Å². The minimum Gasteiger partial charge on any atom is -0.463 e. The van der Waals surface area contributed by atoms with Gasteiger partial charge in [0.05, 0.1) is 66.1 Å². The smallest absolute Gasteiger partial charge is 0.305 e. The molecule has 0 saturated heterocycles. The number of hydrogen-bond donors (Lipinski definition) is 0. The van der Waals surface area contributed by atoms with E-state index in [-0.39, 0.29) is 5.97 Å². The van der Waals surface area contributed by atoms with Gasteiger partial charge < -0.3 is 28.4 Å². The Hall–Kier alpha value is -1.51. The van der Waals surface area contributed by atoms with Gasteiger partial charge in [0.15, 0.2) is 0 Å². The molecule has 34 heavy (non-hydrogen) atoms. The van der Waals surface area contributed by atoms with E-state index in [1.54, 1.807) is 0 Å². The molecule has 0 radical (unpaired) electrons. The van der Waals surface area contributed by atoms with E-state index in [9.17, 15) is 4.79 Å². The van der Waals surface area contributed by atoms with Gasteiger partial charge in [-0.05, 0) is 12.0 Å². The first-order chi connectivity index (χ1) is 16.8. The van der Waals surface area contributed by atoms with Crippen LogP contribution in [0.4, 0.5) is 0 Å². The summed E-state index contributed by atoms with van der Waals surface area (Å²) in [5, 5.41) is 0. The number of benzene rings is 1. The summed E-state index contributed by atoms with van der Waals surface area (Å²) < 4.78 is 32.5. The molecule has 0 aromatic heterocycles. The molecular formula is C27H46O7. The highest BCUT2D eigenvalue weighted by Crippen LogP contribution is 2.08. The highest BCUT2D eigenvalue weighted by molar-refractivity contribution is 5.69. The summed E-state index contributed by atoms with van der Waals surface area (Å²) in [5.41, 5.74) is 1.16. The largest absolute Gasteiger partial charge is 0.463 e. The molecule has 1 aromatic rings. The van der Waals surface area contributed by atoms with E-state index >= 15 is 0 Å². The lowest BCUT2D eigenvalue weighted by atomic mass is 10.1. The maximum Gasteiger partial charge on any atom is 0.305 e. The number of hydrogen-bond acceptors (Lipinski definition) is 7. The van der Waals surface area contributed by atoms with Crippen molar-refractivity contribution in [2.45, 2.75) is 64.9 Å². The van der Waals surface area contributed by atoms with E-state index < -0.39 is 0 Å². The maximum atomic E-state index is 11.6. The fraction of sp³-hybridized carbons (Fsp3) is 0.741. The average molecular weight is 483 g/mol. The minimum absolute atomic E-state index is 0.130. The predicted molar refractivity (Wildman–Crippen MR) is 133 cm³/mol. The average Bonchev–Trinajstić information content (AvgIpc) is 2.86. The molecule has 0 spiro atoms. The van der Waals surface area contributed by atoms with Crippen molar-refractivity contribution in [3.05, 3.63) is 35.9 Å². The highest BCUT2D eigenvalue weighted by atomic mass is 16.6. The number of unbranched alkanes of at least 4 members (excludes halogenated alkanes) is 6. The van der Waals surface area contributed by atoms with Crippen molar-refractivity contribution in [2.24, 2.45) is 0 Å². The lowest BCUT2D eigenvalue weighted by Gasteiger charge is -2.08. The molecule has 0 aliphatic rings. The van der Waals surface area contributed by atoms with Crippen molar-refractivity contribution in [2.75, 3.05) is 66.1 Å². The zero-order valence-corrected chi connectivity index (χ0v) is 21.2. The molecule has 0 heterocycles. The topological polar surface area (TPSA) is 72.5 Å². The maximum absolute atomic E-state index is 11.6. The van der Waals surface area contributed by atoms with Gasteiger partial charge in [-0.25, -0.2) is 0 Å². The van der Waals surface area contributed by atoms with Crippen LogP contribution >= 0.6 is 0 Å². The third-order valence-electron chi connectivity index (χ3n) is 5.07. The van der Waals surface area contributed by atoms with Gasteiger partial charge >= 0.3 is 5.97 Å². The zero-order valence-electron chi connectivity index (χ0n) is 21.2. The van der Waals surface area contributed by atoms with Gasteiger partial charge in [-0.1, -0.05) is 75.8 Å². The van der Waals surface area contributed by atoms with Crippen LogP contribution < -0.4 is 0 Å². The first-order valence-electron chi connectivity index (χ1n) is 12.9. The Balaban J connectivity index is 1.70. The summed E-state index contributed by atoms with van der Waals surface area (Å²) >= 11 is 0. The standard InChI is InChI=1S/C27H46O7/c1-2-3-4-5-6-7-11-14-27(28)34-24-23-32-20-19-30-16-15-29-17-18-31-21-22-33-25-26-12-9-8-10-13-26/h8-10,12-13H,2-7,11,14-25H2,1H3. The van der Waals surface area contributed by atoms with Crippen LogP contribution in [0.5, 0.6) is 0 Å². The van der Waals surface area contributed by atoms with E-state index in [2.05, 4.69) is 6.92 Å². The van der Waals surface area contributed by atoms with Crippen LogP contribution in [-0.4, -0.2) is 72.0 Å². The second-order valence-electron chi connectivity index (χ2n) is 8.08. The van der Waals surface area contributed by atoms with Crippen LogP contribution in [-0.2, 0) is 39.8 Å². The summed E-state index contributed by atoms with van der Waals surface area (Å²) in [5.74, 6) is -0.130. The Morgan fingerprint density at radius 2 is 1.06 bits per heavy atom. The number of esters is 1. The summed E-state index contributed by atoms with van der Waals surface area (Å²) in [7, 11) is 0. The van der Waals surface area contributed by atoms with Crippen LogP contribution in [0.3, 0.4) is 0 Å². The molecule has 0 aliphatic heterocycles. The van der Waals surface area contributed by atoms with E-state index in [4.69, 9.17) is 28.4 Å². The summed E-state index contributed by atoms with van der Waals surface area (Å²) in [6.07, 6.45) is 8.87. The summed E-state index contributed by atoms with van der Waals surface area (Å²) in [6.45, 7) is 7.70. The molecule has 0 atom stereocenters. The van der Waals surface area contributed by atoms with Crippen molar-refractivity contribution in [1.82, 2.24) is 0 Å². The van der Waals surface area contributed by atoms with Crippen molar-refractivity contribution in [3.8, 4) is 0 Å². The molecule has 1 rings (SSSR count). The molecule has 0 bridgehead atoms. The van der Waals surface area contributed by atoms with Gasteiger partial charge in [-0.2, -0.15) is 0 Å². The first kappa shape index (κ1) is 30.5. The fourth-order valence-electron chi connectivity index (χ4n) is 3.16. The van der Waals surface area contributed by atoms with Crippen LogP contribution in [0.2, 0.25) is 0 Å². The Bertz CT molecular complexity index is 553. The first-order valence-corrected chi connectivity index (χ1v) is 12.9. The summed E-state index contributed by atoms with van der Waals surface area (Å²) in [6, 6.07) is 10.1. The molecule has 196 valence electrons. The van der Waals surface area contributed by atoms with Crippen LogP contribution in [0, 0.1) is 0 Å². The number of ether oxygens (including phenoxy) is 6. The Kier molecular flexibility index (Phi) is 22.1. The number of carbonyl (C=O) groups excluding carboxylic acids is 1. The van der Waals surface area contributed by atoms with Crippen LogP contribution in [0.15, 0.2) is 30.3 Å². The SMILES string of the molecule is CCCCCCCCCC(=O)OCCOCCOCCOCCOCCOCc1ccccc1. The van der Waals surface area contributed by atoms with E-state index in [1.807, 2.05) is 30.3 Å². The third kappa shape index (κ3) is 21.1. The second-order valence-corrected chi connectivity index (χ2v) is 8.08. The number of rotatable bonds is 25. The Morgan fingerprint density at radius 3 is 1.62 bits per heavy atom. The molecule has 0 saturated carbocycles. The summed E-state index contributed by atoms with van der Waals surface area (Å²) in [4.78, 5) is 11.6. The fourth-order valence-corrected chi connectivity index (χ4v) is 3.16. The van der Waals surface area contributed by atoms with Crippen LogP contribution in [0.25, 0.3) is 0 Å². The molecule has 7 nitrogen and oxygen atoms in total. The van der Waals surface area contributed by atoms with Gasteiger partial charge in [-0.3, -0.25) is 4.79 Å². The van der Waals surface area contributed by atoms with Crippen molar-refractivity contribution < 1.29 is 33.2 Å². The van der Waals surface area contributed by atoms with E-state index in [1.165, 1.54) is 32.1 Å². The number of carbonyl (C=O) groups is 1. The predicted octanol–water partition coefficient (Wildman–Crippen LogP) is 4.95. The Labute approximate surface area is 206 Å². The lowest BCUT2D eigenvalue weighted by molar-refractivity contribution is -0.145. The van der Waals surface area contributed by atoms with Crippen molar-refractivity contribution >= 4 is 5.97 Å². The molecule has 0 unspecified atom stereocenters. The van der Waals surface area contributed by atoms with Crippen molar-refractivity contribution in [1.29, 1.82) is 0 Å². The van der Waals surface area contributed by atoms with Gasteiger partial charge in [0.1, 0.15) is 6.61 Å². The molecule has 7 heteroatoms. The molecule has 0 aliphatic carbocycles. The minimum atomic E-state index is -0.130. The molecule has 1 aromatic carbocycles. The zero-order chi connectivity index (χ0) is 24.4. The Morgan fingerprint density at radius 1 is 0.588 bits per heavy atom. The highest BCUT2D eigenvalue weighted by Gasteiger charge is 2.02. The molecule has 0 amide bonds. The quantitative estimate of drug-likeness (QED) is 0.144. The molecule has 0 N–H and O–H groups in total. The van der Waals surface area contributed by atoms with Crippen molar-refractivity contribution in [3.63, 3.8) is 0 Å². The second kappa shape index (κ2) is 24.6. The van der Waals surface area contributed by atoms with Crippen LogP contribution in [0.1, 0.15) is 63.9 Å². The van der Waals surface area contributed by atoms with Gasteiger partial charge in [0.25, 0.3) is 0 Å². The van der Waals surface area contributed by atoms with Gasteiger partial charge in [0, 0.05) is 6.42 Å². The third-order valence-corrected chi connectivity index (χ3v) is 5.07. The van der Waals surface area contributed by atoms with E-state index in [0.29, 0.717) is 79.1 Å². The molecular weight excluding hydrogens is 436 g/mol. The van der Waals surface area contributed by atoms with E-state index in [0.717, 1.165) is 18.4 Å². The monoisotopic (exact) mass is 482 g/mol. The lowest BCUT2D eigenvalue weighted by Crippen LogP contribution is -2.15. The molecule has 0 fully saturated rings.